The minimum Gasteiger partial charge on any atom is -0.348 e. The number of carbonyl (C=O) groups is 1. The van der Waals surface area contributed by atoms with E-state index in [1.807, 2.05) is 30.3 Å². The van der Waals surface area contributed by atoms with E-state index < -0.39 is 33.4 Å². The number of aromatic nitrogens is 3. The van der Waals surface area contributed by atoms with Crippen molar-refractivity contribution >= 4 is 26.8 Å². The third-order valence-electron chi connectivity index (χ3n) is 6.19. The van der Waals surface area contributed by atoms with Gasteiger partial charge in [-0.2, -0.15) is 5.10 Å². The average Bonchev–Trinajstić information content (AvgIpc) is 3.37. The Bertz CT molecular complexity index is 1530. The van der Waals surface area contributed by atoms with Crippen LogP contribution >= 0.6 is 0 Å². The Hall–Kier alpha value is -3.66. The fourth-order valence-corrected chi connectivity index (χ4v) is 6.13. The molecule has 0 unspecified atom stereocenters. The fourth-order valence-electron chi connectivity index (χ4n) is 4.44. The van der Waals surface area contributed by atoms with E-state index in [-0.39, 0.29) is 29.2 Å². The summed E-state index contributed by atoms with van der Waals surface area (Å²) in [5, 5.41) is 7.63. The normalized spacial score (nSPS) is 17.1. The molecule has 2 aromatic heterocycles. The molecular weight excluding hydrogens is 474 g/mol. The predicted molar refractivity (Wildman–Crippen MR) is 128 cm³/mol. The van der Waals surface area contributed by atoms with Gasteiger partial charge < -0.3 is 5.32 Å². The Morgan fingerprint density at radius 1 is 1.11 bits per heavy atom. The number of halogens is 2. The van der Waals surface area contributed by atoms with Gasteiger partial charge in [-0.15, -0.1) is 0 Å². The highest BCUT2D eigenvalue weighted by Gasteiger charge is 2.32. The molecule has 0 saturated carbocycles. The fraction of sp³-hybridized carbons (Fsp3) is 0.240. The molecule has 0 spiro atoms. The van der Waals surface area contributed by atoms with Crippen molar-refractivity contribution in [3.8, 4) is 11.3 Å². The molecule has 4 aromatic rings. The molecule has 0 aliphatic carbocycles. The first-order chi connectivity index (χ1) is 16.7. The highest BCUT2D eigenvalue weighted by molar-refractivity contribution is 7.91. The monoisotopic (exact) mass is 496 g/mol. The molecule has 3 heterocycles. The number of aryl methyl sites for hydroxylation is 1. The van der Waals surface area contributed by atoms with Crippen molar-refractivity contribution in [2.75, 3.05) is 11.5 Å². The minimum absolute atomic E-state index is 0.0471. The first-order valence-corrected chi connectivity index (χ1v) is 12.9. The lowest BCUT2D eigenvalue weighted by Crippen LogP contribution is -2.24. The number of pyridine rings is 1. The molecule has 180 valence electrons. The van der Waals surface area contributed by atoms with Gasteiger partial charge in [0.25, 0.3) is 5.91 Å². The Morgan fingerprint density at radius 2 is 1.83 bits per heavy atom. The van der Waals surface area contributed by atoms with E-state index in [1.54, 1.807) is 17.7 Å². The highest BCUT2D eigenvalue weighted by Crippen LogP contribution is 2.32. The van der Waals surface area contributed by atoms with Crippen molar-refractivity contribution in [1.82, 2.24) is 20.1 Å². The number of fused-ring (bicyclic) bond motifs is 1. The third-order valence-corrected chi connectivity index (χ3v) is 7.94. The van der Waals surface area contributed by atoms with E-state index in [0.29, 0.717) is 28.8 Å². The maximum atomic E-state index is 14.1. The summed E-state index contributed by atoms with van der Waals surface area (Å²) >= 11 is 0. The quantitative estimate of drug-likeness (QED) is 0.451. The second kappa shape index (κ2) is 8.84. The lowest BCUT2D eigenvalue weighted by atomic mass is 10.0. The molecule has 1 aliphatic rings. The second-order valence-corrected chi connectivity index (χ2v) is 10.8. The molecular formula is C25H22F2N4O3S. The van der Waals surface area contributed by atoms with Gasteiger partial charge in [0.05, 0.1) is 39.9 Å². The van der Waals surface area contributed by atoms with Crippen molar-refractivity contribution in [3.05, 3.63) is 83.1 Å². The van der Waals surface area contributed by atoms with Crippen molar-refractivity contribution < 1.29 is 22.0 Å². The third kappa shape index (κ3) is 4.41. The molecule has 0 radical (unpaired) electrons. The van der Waals surface area contributed by atoms with E-state index in [9.17, 15) is 22.0 Å². The number of nitrogens with one attached hydrogen (secondary N) is 1. The van der Waals surface area contributed by atoms with Crippen LogP contribution in [-0.2, 0) is 16.4 Å². The topological polar surface area (TPSA) is 93.9 Å². The molecule has 0 bridgehead atoms. The Morgan fingerprint density at radius 3 is 2.49 bits per heavy atom. The van der Waals surface area contributed by atoms with Crippen LogP contribution in [0.2, 0.25) is 0 Å². The summed E-state index contributed by atoms with van der Waals surface area (Å²) in [7, 11) is -3.18. The highest BCUT2D eigenvalue weighted by atomic mass is 32.2. The van der Waals surface area contributed by atoms with Gasteiger partial charge in [-0.25, -0.2) is 26.9 Å². The van der Waals surface area contributed by atoms with Crippen LogP contribution in [0.5, 0.6) is 0 Å². The molecule has 2 aromatic carbocycles. The number of amides is 1. The second-order valence-electron chi connectivity index (χ2n) is 8.59. The van der Waals surface area contributed by atoms with Crippen molar-refractivity contribution in [2.24, 2.45) is 0 Å². The predicted octanol–water partition coefficient (Wildman–Crippen LogP) is 3.97. The molecule has 1 N–H and O–H groups in total. The van der Waals surface area contributed by atoms with E-state index in [4.69, 9.17) is 4.98 Å². The summed E-state index contributed by atoms with van der Waals surface area (Å²) in [6.45, 7) is 1.38. The van der Waals surface area contributed by atoms with Gasteiger partial charge in [0.1, 0.15) is 11.6 Å². The SMILES string of the molecule is Cc1nn([C@H]2CCS(=O)(=O)C2)c2nc(-c3ccccc3)cc(C(=O)NCc3c(F)cccc3F)c12. The number of carbonyl (C=O) groups excluding carboxylic acids is 1. The van der Waals surface area contributed by atoms with Crippen LogP contribution in [0.1, 0.15) is 34.1 Å². The first-order valence-electron chi connectivity index (χ1n) is 11.1. The molecule has 1 saturated heterocycles. The standard InChI is InChI=1S/C25H22F2N4O3S/c1-15-23-18(25(32)28-13-19-20(26)8-5-9-21(19)27)12-22(16-6-3-2-4-7-16)29-24(23)31(30-15)17-10-11-35(33,34)14-17/h2-9,12,17H,10-11,13-14H2,1H3,(H,28,32)/t17-/m0/s1. The van der Waals surface area contributed by atoms with Crippen LogP contribution in [0.4, 0.5) is 8.78 Å². The summed E-state index contributed by atoms with van der Waals surface area (Å²) in [5.74, 6) is -2.02. The van der Waals surface area contributed by atoms with Crippen LogP contribution < -0.4 is 5.32 Å². The molecule has 1 aliphatic heterocycles. The van der Waals surface area contributed by atoms with Crippen LogP contribution in [0.3, 0.4) is 0 Å². The van der Waals surface area contributed by atoms with Crippen molar-refractivity contribution in [1.29, 1.82) is 0 Å². The van der Waals surface area contributed by atoms with Crippen LogP contribution in [-0.4, -0.2) is 40.6 Å². The summed E-state index contributed by atoms with van der Waals surface area (Å²) in [5.41, 5.74) is 2.18. The summed E-state index contributed by atoms with van der Waals surface area (Å²) < 4.78 is 54.0. The van der Waals surface area contributed by atoms with E-state index in [2.05, 4.69) is 10.4 Å². The summed E-state index contributed by atoms with van der Waals surface area (Å²) in [6.07, 6.45) is 0.407. The number of nitrogens with zero attached hydrogens (tertiary/aromatic N) is 3. The molecule has 10 heteroatoms. The number of rotatable bonds is 5. The Labute approximate surface area is 200 Å². The van der Waals surface area contributed by atoms with Gasteiger partial charge >= 0.3 is 0 Å². The van der Waals surface area contributed by atoms with Crippen LogP contribution in [0.25, 0.3) is 22.3 Å². The van der Waals surface area contributed by atoms with Gasteiger partial charge in [-0.1, -0.05) is 36.4 Å². The van der Waals surface area contributed by atoms with Gasteiger partial charge in [0.2, 0.25) is 0 Å². The smallest absolute Gasteiger partial charge is 0.252 e. The largest absolute Gasteiger partial charge is 0.348 e. The zero-order valence-corrected chi connectivity index (χ0v) is 19.6. The number of benzene rings is 2. The molecule has 1 fully saturated rings. The van der Waals surface area contributed by atoms with E-state index >= 15 is 0 Å². The molecule has 1 amide bonds. The number of hydrogen-bond donors (Lipinski definition) is 1. The van der Waals surface area contributed by atoms with E-state index in [0.717, 1.165) is 17.7 Å². The minimum atomic E-state index is -3.18. The first kappa shape index (κ1) is 23.1. The van der Waals surface area contributed by atoms with Crippen molar-refractivity contribution in [2.45, 2.75) is 25.9 Å². The lowest BCUT2D eigenvalue weighted by Gasteiger charge is -2.13. The Kier molecular flexibility index (Phi) is 5.84. The van der Waals surface area contributed by atoms with Gasteiger partial charge in [-0.3, -0.25) is 4.79 Å². The van der Waals surface area contributed by atoms with Gasteiger partial charge in [0.15, 0.2) is 15.5 Å². The molecule has 7 nitrogen and oxygen atoms in total. The Balaban J connectivity index is 1.61. The maximum absolute atomic E-state index is 14.1. The van der Waals surface area contributed by atoms with E-state index in [1.165, 1.54) is 6.07 Å². The molecule has 5 rings (SSSR count). The summed E-state index contributed by atoms with van der Waals surface area (Å²) in [6, 6.07) is 14.0. The molecule has 1 atom stereocenters. The number of hydrogen-bond acceptors (Lipinski definition) is 5. The lowest BCUT2D eigenvalue weighted by molar-refractivity contribution is 0.0952. The van der Waals surface area contributed by atoms with Crippen LogP contribution in [0.15, 0.2) is 54.6 Å². The zero-order valence-electron chi connectivity index (χ0n) is 18.8. The van der Waals surface area contributed by atoms with Gasteiger partial charge in [-0.05, 0) is 31.5 Å². The number of sulfone groups is 1. The van der Waals surface area contributed by atoms with Crippen LogP contribution in [0, 0.1) is 18.6 Å². The maximum Gasteiger partial charge on any atom is 0.252 e. The van der Waals surface area contributed by atoms with Gasteiger partial charge in [0, 0.05) is 17.7 Å². The average molecular weight is 497 g/mol. The zero-order chi connectivity index (χ0) is 24.7. The molecule has 35 heavy (non-hydrogen) atoms. The summed E-state index contributed by atoms with van der Waals surface area (Å²) in [4.78, 5) is 18.1. The van der Waals surface area contributed by atoms with Crippen molar-refractivity contribution in [3.63, 3.8) is 0 Å².